The normalized spacial score (nSPS) is 18.7. The van der Waals surface area contributed by atoms with E-state index in [2.05, 4.69) is 11.7 Å². The number of aromatic nitrogens is 2. The van der Waals surface area contributed by atoms with Crippen molar-refractivity contribution in [2.75, 3.05) is 18.8 Å². The van der Waals surface area contributed by atoms with Crippen molar-refractivity contribution < 1.29 is 13.6 Å². The van der Waals surface area contributed by atoms with Crippen LogP contribution in [0.2, 0.25) is 5.02 Å². The third kappa shape index (κ3) is 3.28. The van der Waals surface area contributed by atoms with Crippen molar-refractivity contribution in [2.24, 2.45) is 7.05 Å². The van der Waals surface area contributed by atoms with Crippen LogP contribution in [0.5, 0.6) is 0 Å². The number of hydrogen-bond donors (Lipinski definition) is 1. The summed E-state index contributed by atoms with van der Waals surface area (Å²) in [5.74, 6) is -2.44. The Morgan fingerprint density at radius 2 is 1.90 bits per heavy atom. The van der Waals surface area contributed by atoms with E-state index >= 15 is 4.39 Å². The second kappa shape index (κ2) is 7.64. The summed E-state index contributed by atoms with van der Waals surface area (Å²) in [5.41, 5.74) is 8.89. The number of fused-ring (bicyclic) bond motifs is 1. The van der Waals surface area contributed by atoms with E-state index in [0.717, 1.165) is 0 Å². The molecule has 8 heteroatoms. The topological polar surface area (TPSA) is 64.2 Å². The average Bonchev–Trinajstić information content (AvgIpc) is 3.26. The molecule has 1 aliphatic rings. The second-order valence-corrected chi connectivity index (χ2v) is 8.43. The number of hydrogen-bond acceptors (Lipinski definition) is 3. The lowest BCUT2D eigenvalue weighted by Gasteiger charge is -2.23. The van der Waals surface area contributed by atoms with Crippen LogP contribution in [0, 0.1) is 25.5 Å². The minimum atomic E-state index is -0.582. The monoisotopic (exact) mass is 444 g/mol. The van der Waals surface area contributed by atoms with Crippen LogP contribution in [-0.4, -0.2) is 33.7 Å². The fraction of sp³-hybridized carbons (Fsp3) is 0.304. The van der Waals surface area contributed by atoms with E-state index < -0.39 is 23.5 Å². The Kier molecular flexibility index (Phi) is 5.25. The SMILES string of the molecule is C=CC(=O)N1CC(c2c(N)cc3c(c(C)nn3C)c2F)[C@H](c2c(F)ccc(C)c2Cl)C1. The Hall–Kier alpha value is -2.93. The molecule has 1 fully saturated rings. The summed E-state index contributed by atoms with van der Waals surface area (Å²) in [5, 5.41) is 4.94. The number of carbonyl (C=O) groups excluding carboxylic acids is 1. The van der Waals surface area contributed by atoms with Crippen molar-refractivity contribution in [3.05, 3.63) is 69.9 Å². The summed E-state index contributed by atoms with van der Waals surface area (Å²) in [6.45, 7) is 7.39. The number of likely N-dealkylation sites (tertiary alicyclic amines) is 1. The standard InChI is InChI=1S/C23H23ClF2N4O/c1-5-18(31)30-9-13(20-15(25)7-6-11(2)22(20)24)14(10-30)21-16(27)8-17-19(23(21)26)12(3)28-29(17)4/h5-8,13-14H,1,9-10,27H2,2-4H3/t13-,14?/m1/s1. The Labute approximate surface area is 184 Å². The molecule has 0 aliphatic carbocycles. The van der Waals surface area contributed by atoms with Gasteiger partial charge < -0.3 is 10.6 Å². The highest BCUT2D eigenvalue weighted by atomic mass is 35.5. The van der Waals surface area contributed by atoms with Crippen LogP contribution in [0.4, 0.5) is 14.5 Å². The summed E-state index contributed by atoms with van der Waals surface area (Å²) >= 11 is 6.49. The third-order valence-electron chi connectivity index (χ3n) is 6.19. The molecule has 0 spiro atoms. The molecule has 1 amide bonds. The molecule has 1 saturated heterocycles. The molecular weight excluding hydrogens is 422 g/mol. The number of halogens is 3. The number of nitrogens with zero attached hydrogens (tertiary/aromatic N) is 3. The summed E-state index contributed by atoms with van der Waals surface area (Å²) in [6, 6.07) is 4.62. The van der Waals surface area contributed by atoms with E-state index in [4.69, 9.17) is 17.3 Å². The van der Waals surface area contributed by atoms with E-state index in [9.17, 15) is 9.18 Å². The molecule has 0 bridgehead atoms. The summed E-state index contributed by atoms with van der Waals surface area (Å²) in [6.07, 6.45) is 1.20. The van der Waals surface area contributed by atoms with E-state index in [1.807, 2.05) is 0 Å². The largest absolute Gasteiger partial charge is 0.398 e. The van der Waals surface area contributed by atoms with Crippen molar-refractivity contribution in [1.29, 1.82) is 0 Å². The van der Waals surface area contributed by atoms with Crippen molar-refractivity contribution in [3.63, 3.8) is 0 Å². The molecule has 31 heavy (non-hydrogen) atoms. The number of aryl methyl sites for hydroxylation is 3. The summed E-state index contributed by atoms with van der Waals surface area (Å²) in [4.78, 5) is 13.9. The van der Waals surface area contributed by atoms with Gasteiger partial charge in [-0.15, -0.1) is 0 Å². The van der Waals surface area contributed by atoms with Gasteiger partial charge in [-0.05, 0) is 37.6 Å². The van der Waals surface area contributed by atoms with Crippen molar-refractivity contribution in [1.82, 2.24) is 14.7 Å². The number of carbonyl (C=O) groups is 1. The van der Waals surface area contributed by atoms with Gasteiger partial charge >= 0.3 is 0 Å². The minimum absolute atomic E-state index is 0.172. The molecule has 0 radical (unpaired) electrons. The van der Waals surface area contributed by atoms with Gasteiger partial charge in [0, 0.05) is 53.8 Å². The number of amides is 1. The van der Waals surface area contributed by atoms with Crippen LogP contribution in [0.3, 0.4) is 0 Å². The van der Waals surface area contributed by atoms with Gasteiger partial charge in [-0.1, -0.05) is 24.2 Å². The summed E-state index contributed by atoms with van der Waals surface area (Å²) in [7, 11) is 1.72. The Morgan fingerprint density at radius 3 is 2.55 bits per heavy atom. The van der Waals surface area contributed by atoms with Crippen molar-refractivity contribution in [2.45, 2.75) is 25.7 Å². The van der Waals surface area contributed by atoms with Crippen LogP contribution >= 0.6 is 11.6 Å². The molecule has 3 aromatic rings. The van der Waals surface area contributed by atoms with Crippen LogP contribution in [0.25, 0.3) is 10.9 Å². The fourth-order valence-electron chi connectivity index (χ4n) is 4.69. The first-order valence-corrected chi connectivity index (χ1v) is 10.3. The molecule has 2 N–H and O–H groups in total. The van der Waals surface area contributed by atoms with Crippen molar-refractivity contribution in [3.8, 4) is 0 Å². The van der Waals surface area contributed by atoms with E-state index in [-0.39, 0.29) is 40.8 Å². The molecule has 2 atom stereocenters. The predicted octanol–water partition coefficient (Wildman–Crippen LogP) is 4.60. The van der Waals surface area contributed by atoms with Crippen LogP contribution in [-0.2, 0) is 11.8 Å². The van der Waals surface area contributed by atoms with Crippen LogP contribution in [0.15, 0.2) is 30.9 Å². The average molecular weight is 445 g/mol. The molecular formula is C23H23ClF2N4O. The molecule has 162 valence electrons. The molecule has 5 nitrogen and oxygen atoms in total. The number of anilines is 1. The molecule has 0 saturated carbocycles. The smallest absolute Gasteiger partial charge is 0.245 e. The quantitative estimate of drug-likeness (QED) is 0.474. The second-order valence-electron chi connectivity index (χ2n) is 8.05. The lowest BCUT2D eigenvalue weighted by atomic mass is 9.81. The van der Waals surface area contributed by atoms with E-state index in [1.54, 1.807) is 37.7 Å². The zero-order valence-electron chi connectivity index (χ0n) is 17.5. The number of rotatable bonds is 3. The zero-order chi connectivity index (χ0) is 22.6. The van der Waals surface area contributed by atoms with Gasteiger partial charge in [0.05, 0.1) is 16.6 Å². The minimum Gasteiger partial charge on any atom is -0.398 e. The predicted molar refractivity (Wildman–Crippen MR) is 118 cm³/mol. The maximum absolute atomic E-state index is 15.9. The van der Waals surface area contributed by atoms with Gasteiger partial charge in [-0.25, -0.2) is 8.78 Å². The summed E-state index contributed by atoms with van der Waals surface area (Å²) < 4.78 is 32.4. The first-order valence-electron chi connectivity index (χ1n) is 9.92. The van der Waals surface area contributed by atoms with Gasteiger partial charge in [0.15, 0.2) is 0 Å². The van der Waals surface area contributed by atoms with Crippen LogP contribution in [0.1, 0.15) is 34.2 Å². The third-order valence-corrected chi connectivity index (χ3v) is 6.69. The van der Waals surface area contributed by atoms with Crippen LogP contribution < -0.4 is 5.73 Å². The first-order chi connectivity index (χ1) is 14.6. The first kappa shape index (κ1) is 21.3. The molecule has 2 heterocycles. The maximum Gasteiger partial charge on any atom is 0.245 e. The molecule has 1 aromatic heterocycles. The Bertz CT molecular complexity index is 1240. The number of nitrogens with two attached hydrogens (primary N) is 1. The van der Waals surface area contributed by atoms with Gasteiger partial charge in [0.25, 0.3) is 0 Å². The highest BCUT2D eigenvalue weighted by molar-refractivity contribution is 6.32. The highest BCUT2D eigenvalue weighted by Crippen LogP contribution is 2.47. The van der Waals surface area contributed by atoms with Crippen molar-refractivity contribution >= 4 is 34.1 Å². The molecule has 4 rings (SSSR count). The van der Waals surface area contributed by atoms with Gasteiger partial charge in [-0.2, -0.15) is 5.10 Å². The molecule has 1 unspecified atom stereocenters. The van der Waals surface area contributed by atoms with E-state index in [1.165, 1.54) is 17.0 Å². The van der Waals surface area contributed by atoms with Gasteiger partial charge in [0.1, 0.15) is 11.6 Å². The number of nitrogen functional groups attached to an aromatic ring is 1. The van der Waals surface area contributed by atoms with Gasteiger partial charge in [-0.3, -0.25) is 9.48 Å². The van der Waals surface area contributed by atoms with Gasteiger partial charge in [0.2, 0.25) is 5.91 Å². The molecule has 2 aromatic carbocycles. The Morgan fingerprint density at radius 1 is 1.26 bits per heavy atom. The Balaban J connectivity index is 1.95. The highest BCUT2D eigenvalue weighted by Gasteiger charge is 2.41. The van der Waals surface area contributed by atoms with E-state index in [0.29, 0.717) is 22.2 Å². The fourth-order valence-corrected chi connectivity index (χ4v) is 4.99. The number of benzene rings is 2. The lowest BCUT2D eigenvalue weighted by molar-refractivity contribution is -0.125. The lowest BCUT2D eigenvalue weighted by Crippen LogP contribution is -2.27. The zero-order valence-corrected chi connectivity index (χ0v) is 18.3. The maximum atomic E-state index is 15.9. The molecule has 1 aliphatic heterocycles.